The minimum atomic E-state index is -0.915. The SMILES string of the molecule is CCCCCOc1cccc(C2/C(=C(\O)c3ccc(OCCC)cc3)C(=O)C(=O)N2c2nc3ccc(OCC)cc3s2)c1. The van der Waals surface area contributed by atoms with Crippen molar-refractivity contribution in [2.75, 3.05) is 24.7 Å². The number of aliphatic hydroxyl groups excluding tert-OH is 1. The molecule has 8 nitrogen and oxygen atoms in total. The summed E-state index contributed by atoms with van der Waals surface area (Å²) in [5.41, 5.74) is 1.71. The van der Waals surface area contributed by atoms with Gasteiger partial charge in [-0.3, -0.25) is 14.5 Å². The molecule has 1 atom stereocenters. The summed E-state index contributed by atoms with van der Waals surface area (Å²) < 4.78 is 18.1. The van der Waals surface area contributed by atoms with Crippen LogP contribution in [0.25, 0.3) is 16.0 Å². The van der Waals surface area contributed by atoms with Crippen LogP contribution >= 0.6 is 11.3 Å². The first kappa shape index (κ1) is 30.1. The van der Waals surface area contributed by atoms with E-state index in [2.05, 4.69) is 6.92 Å². The average Bonchev–Trinajstić information content (AvgIpc) is 3.56. The maximum atomic E-state index is 13.7. The number of Topliss-reactive ketones (excluding diaryl/α,β-unsaturated/α-hetero) is 1. The van der Waals surface area contributed by atoms with Crippen LogP contribution < -0.4 is 19.1 Å². The molecule has 1 aliphatic rings. The molecule has 0 spiro atoms. The molecular formula is C34H36N2O6S. The summed E-state index contributed by atoms with van der Waals surface area (Å²) in [5, 5.41) is 11.9. The van der Waals surface area contributed by atoms with Crippen molar-refractivity contribution in [2.45, 2.75) is 52.5 Å². The zero-order valence-electron chi connectivity index (χ0n) is 24.7. The number of fused-ring (bicyclic) bond motifs is 1. The Kier molecular flexibility index (Phi) is 9.61. The molecule has 1 fully saturated rings. The zero-order chi connectivity index (χ0) is 30.3. The Bertz CT molecular complexity index is 1630. The van der Waals surface area contributed by atoms with Crippen molar-refractivity contribution in [1.82, 2.24) is 4.98 Å². The van der Waals surface area contributed by atoms with Gasteiger partial charge >= 0.3 is 5.91 Å². The van der Waals surface area contributed by atoms with Crippen LogP contribution in [0, 0.1) is 0 Å². The number of carbonyl (C=O) groups excluding carboxylic acids is 2. The zero-order valence-corrected chi connectivity index (χ0v) is 25.5. The third-order valence-corrected chi connectivity index (χ3v) is 8.12. The number of hydrogen-bond donors (Lipinski definition) is 1. The topological polar surface area (TPSA) is 98.2 Å². The normalized spacial score (nSPS) is 16.2. The molecule has 4 aromatic rings. The number of thiazole rings is 1. The highest BCUT2D eigenvalue weighted by Crippen LogP contribution is 2.45. The highest BCUT2D eigenvalue weighted by atomic mass is 32.1. The standard InChI is InChI=1S/C34H36N2O6S/c1-4-7-8-19-42-25-11-9-10-23(20-25)30-29(31(37)22-12-14-24(15-13-22)41-18-5-2)32(38)33(39)36(30)34-35-27-17-16-26(40-6-3)21-28(27)43-34/h9-17,20-21,30,37H,4-8,18-19H2,1-3H3/b31-29+. The van der Waals surface area contributed by atoms with Crippen LogP contribution in [0.4, 0.5) is 5.13 Å². The second-order valence-electron chi connectivity index (χ2n) is 10.2. The van der Waals surface area contributed by atoms with Gasteiger partial charge < -0.3 is 19.3 Å². The number of ketones is 1. The molecular weight excluding hydrogens is 564 g/mol. The molecule has 1 unspecified atom stereocenters. The van der Waals surface area contributed by atoms with Crippen LogP contribution in [0.15, 0.2) is 72.3 Å². The molecule has 224 valence electrons. The van der Waals surface area contributed by atoms with Crippen molar-refractivity contribution in [3.63, 3.8) is 0 Å². The predicted octanol–water partition coefficient (Wildman–Crippen LogP) is 7.68. The molecule has 1 amide bonds. The number of aromatic nitrogens is 1. The molecule has 0 aliphatic carbocycles. The molecule has 3 aromatic carbocycles. The van der Waals surface area contributed by atoms with Crippen molar-refractivity contribution in [1.29, 1.82) is 0 Å². The lowest BCUT2D eigenvalue weighted by molar-refractivity contribution is -0.132. The van der Waals surface area contributed by atoms with Gasteiger partial charge in [0.1, 0.15) is 23.0 Å². The second-order valence-corrected chi connectivity index (χ2v) is 11.2. The van der Waals surface area contributed by atoms with E-state index in [1.54, 1.807) is 24.3 Å². The van der Waals surface area contributed by atoms with Crippen molar-refractivity contribution < 1.29 is 28.9 Å². The largest absolute Gasteiger partial charge is 0.507 e. The molecule has 0 saturated carbocycles. The van der Waals surface area contributed by atoms with Gasteiger partial charge in [-0.2, -0.15) is 0 Å². The molecule has 1 saturated heterocycles. The van der Waals surface area contributed by atoms with Gasteiger partial charge in [0.25, 0.3) is 5.78 Å². The van der Waals surface area contributed by atoms with Crippen LogP contribution in [0.1, 0.15) is 63.6 Å². The molecule has 5 rings (SSSR count). The van der Waals surface area contributed by atoms with Gasteiger partial charge in [-0.1, -0.05) is 50.2 Å². The van der Waals surface area contributed by atoms with E-state index in [1.165, 1.54) is 16.2 Å². The molecule has 1 aliphatic heterocycles. The number of ether oxygens (including phenoxy) is 3. The Morgan fingerprint density at radius 1 is 0.860 bits per heavy atom. The third kappa shape index (κ3) is 6.51. The lowest BCUT2D eigenvalue weighted by Crippen LogP contribution is -2.29. The number of carbonyl (C=O) groups is 2. The summed E-state index contributed by atoms with van der Waals surface area (Å²) in [7, 11) is 0. The van der Waals surface area contributed by atoms with Crippen molar-refractivity contribution in [3.05, 3.63) is 83.4 Å². The lowest BCUT2D eigenvalue weighted by atomic mass is 9.95. The monoisotopic (exact) mass is 600 g/mol. The van der Waals surface area contributed by atoms with E-state index in [4.69, 9.17) is 19.2 Å². The van der Waals surface area contributed by atoms with Gasteiger partial charge in [0, 0.05) is 5.56 Å². The van der Waals surface area contributed by atoms with E-state index in [0.717, 1.165) is 30.4 Å². The molecule has 0 bridgehead atoms. The molecule has 2 heterocycles. The summed E-state index contributed by atoms with van der Waals surface area (Å²) in [4.78, 5) is 33.5. The molecule has 1 aromatic heterocycles. The quantitative estimate of drug-likeness (QED) is 0.0727. The number of aliphatic hydroxyl groups is 1. The van der Waals surface area contributed by atoms with Crippen LogP contribution in [0.5, 0.6) is 17.2 Å². The van der Waals surface area contributed by atoms with Crippen LogP contribution in [0.3, 0.4) is 0 Å². The predicted molar refractivity (Wildman–Crippen MR) is 169 cm³/mol. The summed E-state index contributed by atoms with van der Waals surface area (Å²) in [6.45, 7) is 7.72. The van der Waals surface area contributed by atoms with E-state index >= 15 is 0 Å². The maximum Gasteiger partial charge on any atom is 0.301 e. The average molecular weight is 601 g/mol. The fraction of sp³-hybridized carbons (Fsp3) is 0.324. The van der Waals surface area contributed by atoms with Gasteiger partial charge in [-0.05, 0) is 79.9 Å². The van der Waals surface area contributed by atoms with Gasteiger partial charge in [-0.15, -0.1) is 0 Å². The van der Waals surface area contributed by atoms with Gasteiger partial charge in [0.05, 0.1) is 41.7 Å². The second kappa shape index (κ2) is 13.7. The van der Waals surface area contributed by atoms with E-state index in [0.29, 0.717) is 58.8 Å². The third-order valence-electron chi connectivity index (χ3n) is 7.10. The van der Waals surface area contributed by atoms with Gasteiger partial charge in [0.15, 0.2) is 5.13 Å². The molecule has 0 radical (unpaired) electrons. The Hall–Kier alpha value is -4.37. The summed E-state index contributed by atoms with van der Waals surface area (Å²) in [6.07, 6.45) is 3.93. The van der Waals surface area contributed by atoms with Crippen molar-refractivity contribution >= 4 is 44.1 Å². The van der Waals surface area contributed by atoms with Crippen LogP contribution in [-0.2, 0) is 9.59 Å². The number of unbranched alkanes of at least 4 members (excludes halogenated alkanes) is 2. The summed E-state index contributed by atoms with van der Waals surface area (Å²) >= 11 is 1.29. The fourth-order valence-corrected chi connectivity index (χ4v) is 6.02. The number of nitrogens with zero attached hydrogens (tertiary/aromatic N) is 2. The van der Waals surface area contributed by atoms with Crippen molar-refractivity contribution in [3.8, 4) is 17.2 Å². The molecule has 43 heavy (non-hydrogen) atoms. The van der Waals surface area contributed by atoms with Crippen LogP contribution in [-0.4, -0.2) is 41.6 Å². The van der Waals surface area contributed by atoms with Crippen LogP contribution in [0.2, 0.25) is 0 Å². The van der Waals surface area contributed by atoms with E-state index < -0.39 is 17.7 Å². The molecule has 1 N–H and O–H groups in total. The number of anilines is 1. The van der Waals surface area contributed by atoms with E-state index in [9.17, 15) is 14.7 Å². The molecule has 9 heteroatoms. The first-order valence-electron chi connectivity index (χ1n) is 14.8. The number of amides is 1. The van der Waals surface area contributed by atoms with Crippen molar-refractivity contribution in [2.24, 2.45) is 0 Å². The lowest BCUT2D eigenvalue weighted by Gasteiger charge is -2.23. The first-order valence-corrected chi connectivity index (χ1v) is 15.6. The van der Waals surface area contributed by atoms with Gasteiger partial charge in [-0.25, -0.2) is 4.98 Å². The fourth-order valence-electron chi connectivity index (χ4n) is 5.00. The van der Waals surface area contributed by atoms with Gasteiger partial charge in [0.2, 0.25) is 0 Å². The summed E-state index contributed by atoms with van der Waals surface area (Å²) in [5.74, 6) is 0.182. The number of benzene rings is 3. The highest BCUT2D eigenvalue weighted by molar-refractivity contribution is 7.22. The minimum absolute atomic E-state index is 0.00961. The minimum Gasteiger partial charge on any atom is -0.507 e. The maximum absolute atomic E-state index is 13.7. The Morgan fingerprint density at radius 3 is 2.35 bits per heavy atom. The first-order chi connectivity index (χ1) is 20.9. The Labute approximate surface area is 255 Å². The smallest absolute Gasteiger partial charge is 0.301 e. The highest BCUT2D eigenvalue weighted by Gasteiger charge is 2.48. The Balaban J connectivity index is 1.60. The number of rotatable bonds is 13. The Morgan fingerprint density at radius 2 is 1.60 bits per heavy atom. The summed E-state index contributed by atoms with van der Waals surface area (Å²) in [6, 6.07) is 18.8. The van der Waals surface area contributed by atoms with E-state index in [1.807, 2.05) is 56.3 Å². The number of hydrogen-bond acceptors (Lipinski definition) is 8. The van der Waals surface area contributed by atoms with E-state index in [-0.39, 0.29) is 11.3 Å².